The molecule has 0 saturated carbocycles. The van der Waals surface area contributed by atoms with Crippen LogP contribution in [0.15, 0.2) is 83.9 Å². The third-order valence-electron chi connectivity index (χ3n) is 5.67. The number of benzene rings is 3. The van der Waals surface area contributed by atoms with Gasteiger partial charge in [0.15, 0.2) is 0 Å². The lowest BCUT2D eigenvalue weighted by Crippen LogP contribution is -2.44. The Morgan fingerprint density at radius 1 is 1.00 bits per heavy atom. The van der Waals surface area contributed by atoms with Crippen molar-refractivity contribution < 1.29 is 23.1 Å². The number of fused-ring (bicyclic) bond motifs is 2. The summed E-state index contributed by atoms with van der Waals surface area (Å²) < 4.78 is 33.4. The average Bonchev–Trinajstić information content (AvgIpc) is 3.06. The van der Waals surface area contributed by atoms with E-state index in [1.165, 1.54) is 43.5 Å². The molecular formula is C24H17ClN2O5S. The Morgan fingerprint density at radius 3 is 2.58 bits per heavy atom. The van der Waals surface area contributed by atoms with Crippen LogP contribution in [0.1, 0.15) is 11.1 Å². The molecule has 0 spiro atoms. The summed E-state index contributed by atoms with van der Waals surface area (Å²) in [5.74, 6) is -0.814. The number of para-hydroxylation sites is 1. The van der Waals surface area contributed by atoms with E-state index in [-0.39, 0.29) is 32.5 Å². The molecule has 5 rings (SSSR count). The van der Waals surface area contributed by atoms with Gasteiger partial charge in [0.25, 0.3) is 15.9 Å². The molecule has 0 fully saturated rings. The molecule has 9 heteroatoms. The maximum Gasteiger partial charge on any atom is 0.282 e. The smallest absolute Gasteiger partial charge is 0.282 e. The zero-order valence-electron chi connectivity index (χ0n) is 17.3. The summed E-state index contributed by atoms with van der Waals surface area (Å²) in [5.41, 5.74) is -1.53. The van der Waals surface area contributed by atoms with Crippen molar-refractivity contribution in [2.45, 2.75) is 10.5 Å². The lowest BCUT2D eigenvalue weighted by Gasteiger charge is -2.25. The minimum atomic E-state index is -4.39. The highest BCUT2D eigenvalue weighted by molar-refractivity contribution is 7.93. The van der Waals surface area contributed by atoms with Crippen LogP contribution in [-0.2, 0) is 20.4 Å². The Hall–Kier alpha value is -3.46. The molecule has 166 valence electrons. The molecule has 1 atom stereocenters. The van der Waals surface area contributed by atoms with Crippen LogP contribution < -0.4 is 9.04 Å². The van der Waals surface area contributed by atoms with E-state index < -0.39 is 21.5 Å². The third-order valence-corrected chi connectivity index (χ3v) is 7.60. The van der Waals surface area contributed by atoms with Crippen LogP contribution in [0.2, 0.25) is 5.02 Å². The first-order valence-corrected chi connectivity index (χ1v) is 11.7. The number of halogens is 1. The first kappa shape index (κ1) is 21.4. The second-order valence-electron chi connectivity index (χ2n) is 7.50. The van der Waals surface area contributed by atoms with Crippen molar-refractivity contribution in [1.29, 1.82) is 0 Å². The fraction of sp³-hybridized carbons (Fsp3) is 0.0833. The fourth-order valence-corrected chi connectivity index (χ4v) is 5.78. The van der Waals surface area contributed by atoms with Gasteiger partial charge in [0.1, 0.15) is 5.75 Å². The van der Waals surface area contributed by atoms with E-state index >= 15 is 0 Å². The minimum absolute atomic E-state index is 0.0177. The molecule has 0 aliphatic carbocycles. The van der Waals surface area contributed by atoms with Gasteiger partial charge in [-0.3, -0.25) is 9.78 Å². The molecule has 4 aromatic rings. The van der Waals surface area contributed by atoms with E-state index in [0.29, 0.717) is 15.2 Å². The van der Waals surface area contributed by atoms with Crippen molar-refractivity contribution in [3.8, 4) is 5.75 Å². The Labute approximate surface area is 194 Å². The van der Waals surface area contributed by atoms with Gasteiger partial charge < -0.3 is 9.84 Å². The third kappa shape index (κ3) is 3.10. The molecule has 1 unspecified atom stereocenters. The predicted octanol–water partition coefficient (Wildman–Crippen LogP) is 3.87. The lowest BCUT2D eigenvalue weighted by atomic mass is 9.87. The maximum atomic E-state index is 13.7. The van der Waals surface area contributed by atoms with Crippen molar-refractivity contribution in [1.82, 2.24) is 4.98 Å². The van der Waals surface area contributed by atoms with E-state index in [0.717, 1.165) is 0 Å². The van der Waals surface area contributed by atoms with Crippen molar-refractivity contribution in [2.75, 3.05) is 11.4 Å². The molecular weight excluding hydrogens is 464 g/mol. The molecule has 1 amide bonds. The Kier molecular flexibility index (Phi) is 4.89. The highest BCUT2D eigenvalue weighted by atomic mass is 35.5. The minimum Gasteiger partial charge on any atom is -0.496 e. The summed E-state index contributed by atoms with van der Waals surface area (Å²) in [6.45, 7) is 0. The first-order chi connectivity index (χ1) is 15.8. The number of rotatable bonds is 4. The molecule has 0 bridgehead atoms. The van der Waals surface area contributed by atoms with Crippen LogP contribution >= 0.6 is 11.6 Å². The van der Waals surface area contributed by atoms with Gasteiger partial charge in [-0.2, -0.15) is 4.31 Å². The summed E-state index contributed by atoms with van der Waals surface area (Å²) in [5, 5.41) is 12.6. The van der Waals surface area contributed by atoms with E-state index in [9.17, 15) is 18.3 Å². The largest absolute Gasteiger partial charge is 0.496 e. The number of ether oxygens (including phenoxy) is 1. The zero-order chi connectivity index (χ0) is 23.4. The van der Waals surface area contributed by atoms with Crippen LogP contribution in [0.5, 0.6) is 5.75 Å². The van der Waals surface area contributed by atoms with E-state index in [2.05, 4.69) is 4.98 Å². The number of carbonyl (C=O) groups is 1. The number of anilines is 1. The van der Waals surface area contributed by atoms with Gasteiger partial charge in [-0.15, -0.1) is 0 Å². The van der Waals surface area contributed by atoms with Gasteiger partial charge in [-0.05, 0) is 48.5 Å². The molecule has 0 saturated heterocycles. The molecule has 1 aromatic heterocycles. The number of hydrogen-bond acceptors (Lipinski definition) is 6. The Balaban J connectivity index is 1.74. The number of hydrogen-bond donors (Lipinski definition) is 1. The summed E-state index contributed by atoms with van der Waals surface area (Å²) in [4.78, 5) is 17.8. The lowest BCUT2D eigenvalue weighted by molar-refractivity contribution is -0.131. The van der Waals surface area contributed by atoms with Gasteiger partial charge in [0.05, 0.1) is 23.2 Å². The Morgan fingerprint density at radius 2 is 1.79 bits per heavy atom. The fourth-order valence-electron chi connectivity index (χ4n) is 4.11. The van der Waals surface area contributed by atoms with Crippen LogP contribution in [0.25, 0.3) is 10.9 Å². The van der Waals surface area contributed by atoms with Gasteiger partial charge in [-0.1, -0.05) is 35.9 Å². The second kappa shape index (κ2) is 7.55. The van der Waals surface area contributed by atoms with Crippen molar-refractivity contribution in [3.05, 3.63) is 95.1 Å². The summed E-state index contributed by atoms with van der Waals surface area (Å²) >= 11 is 6.18. The standard InChI is InChI=1S/C24H17ClN2O5S/c1-32-22-7-3-2-6-18(22)24(29)19-14-16(25)8-11-21(19)27(23(24)28)33(30,31)17-9-10-20-15(13-17)5-4-12-26-20/h2-14,29H,1H3. The number of pyridine rings is 1. The maximum absolute atomic E-state index is 13.7. The predicted molar refractivity (Wildman–Crippen MR) is 124 cm³/mol. The number of methoxy groups -OCH3 is 1. The normalized spacial score (nSPS) is 17.9. The molecule has 1 aliphatic heterocycles. The van der Waals surface area contributed by atoms with Crippen molar-refractivity contribution >= 4 is 44.1 Å². The molecule has 3 aromatic carbocycles. The summed E-state index contributed by atoms with van der Waals surface area (Å²) in [6, 6.07) is 18.5. The van der Waals surface area contributed by atoms with E-state index in [1.54, 1.807) is 42.6 Å². The topological polar surface area (TPSA) is 96.8 Å². The van der Waals surface area contributed by atoms with Gasteiger partial charge >= 0.3 is 0 Å². The van der Waals surface area contributed by atoms with Gasteiger partial charge in [0, 0.05) is 27.7 Å². The average molecular weight is 481 g/mol. The van der Waals surface area contributed by atoms with Crippen LogP contribution in [0.4, 0.5) is 5.69 Å². The first-order valence-electron chi connectivity index (χ1n) is 9.89. The molecule has 1 aliphatic rings. The highest BCUT2D eigenvalue weighted by Crippen LogP contribution is 2.49. The quantitative estimate of drug-likeness (QED) is 0.476. The van der Waals surface area contributed by atoms with Gasteiger partial charge in [0.2, 0.25) is 5.60 Å². The van der Waals surface area contributed by atoms with Crippen molar-refractivity contribution in [2.24, 2.45) is 0 Å². The van der Waals surface area contributed by atoms with Crippen LogP contribution in [0.3, 0.4) is 0 Å². The second-order valence-corrected chi connectivity index (χ2v) is 9.73. The number of aromatic nitrogens is 1. The van der Waals surface area contributed by atoms with Crippen LogP contribution in [0, 0.1) is 0 Å². The van der Waals surface area contributed by atoms with Crippen molar-refractivity contribution in [3.63, 3.8) is 0 Å². The van der Waals surface area contributed by atoms with E-state index in [4.69, 9.17) is 16.3 Å². The molecule has 7 nitrogen and oxygen atoms in total. The monoisotopic (exact) mass is 480 g/mol. The number of nitrogens with zero attached hydrogens (tertiary/aromatic N) is 2. The number of sulfonamides is 1. The number of aliphatic hydroxyl groups is 1. The molecule has 0 radical (unpaired) electrons. The molecule has 2 heterocycles. The summed E-state index contributed by atoms with van der Waals surface area (Å²) in [7, 11) is -2.99. The Bertz CT molecular complexity index is 1540. The zero-order valence-corrected chi connectivity index (χ0v) is 18.8. The SMILES string of the molecule is COc1ccccc1C1(O)C(=O)N(S(=O)(=O)c2ccc3ncccc3c2)c2ccc(Cl)cc21. The molecule has 1 N–H and O–H groups in total. The molecule has 33 heavy (non-hydrogen) atoms. The van der Waals surface area contributed by atoms with Crippen LogP contribution in [-0.4, -0.2) is 31.5 Å². The van der Waals surface area contributed by atoms with Gasteiger partial charge in [-0.25, -0.2) is 8.42 Å². The van der Waals surface area contributed by atoms with E-state index in [1.807, 2.05) is 0 Å². The highest BCUT2D eigenvalue weighted by Gasteiger charge is 2.56. The number of amides is 1. The summed E-state index contributed by atoms with van der Waals surface area (Å²) in [6.07, 6.45) is 1.61. The number of carbonyl (C=O) groups excluding carboxylic acids is 1.